The summed E-state index contributed by atoms with van der Waals surface area (Å²) in [6, 6.07) is 5.65. The molecule has 28 heavy (non-hydrogen) atoms. The Kier molecular flexibility index (Phi) is 5.07. The van der Waals surface area contributed by atoms with Crippen LogP contribution in [0.3, 0.4) is 0 Å². The molecule has 7 nitrogen and oxygen atoms in total. The summed E-state index contributed by atoms with van der Waals surface area (Å²) in [5.41, 5.74) is 1.80. The fourth-order valence-corrected chi connectivity index (χ4v) is 4.74. The third-order valence-corrected chi connectivity index (χ3v) is 6.46. The molecule has 2 aliphatic heterocycles. The largest absolute Gasteiger partial charge is 0.453 e. The number of nitrogens with one attached hydrogen (secondary N) is 1. The summed E-state index contributed by atoms with van der Waals surface area (Å²) >= 11 is 3.49. The number of methoxy groups -OCH3 is 1. The fraction of sp³-hybridized carbons (Fsp3) is 0.550. The van der Waals surface area contributed by atoms with Gasteiger partial charge in [0.15, 0.2) is 0 Å². The first kappa shape index (κ1) is 19.2. The highest BCUT2D eigenvalue weighted by Gasteiger charge is 2.51. The summed E-state index contributed by atoms with van der Waals surface area (Å²) in [5.74, 6) is -0.267. The molecule has 2 heterocycles. The van der Waals surface area contributed by atoms with Crippen molar-refractivity contribution in [2.45, 2.75) is 37.1 Å². The minimum Gasteiger partial charge on any atom is -0.453 e. The van der Waals surface area contributed by atoms with E-state index in [-0.39, 0.29) is 35.9 Å². The molecule has 1 saturated carbocycles. The molecule has 150 valence electrons. The van der Waals surface area contributed by atoms with Crippen molar-refractivity contribution < 1.29 is 19.1 Å². The van der Waals surface area contributed by atoms with Crippen LogP contribution in [0.5, 0.6) is 0 Å². The molecule has 4 rings (SSSR count). The van der Waals surface area contributed by atoms with Gasteiger partial charge in [-0.1, -0.05) is 15.9 Å². The third kappa shape index (κ3) is 3.62. The standard InChI is InChI=1S/C20H24BrN3O4/c1-28-19(27)23-8-2-3-14(10-23)22-17(25)11-24-12-20(6-7-20)16-9-13(21)4-5-15(16)18(24)26/h4-5,9,14H,2-3,6-8,10-12H2,1H3,(H,22,25)/t14-/m0/s1. The Labute approximate surface area is 172 Å². The second-order valence-corrected chi connectivity index (χ2v) is 8.87. The minimum absolute atomic E-state index is 0.000174. The number of carbonyl (C=O) groups excluding carboxylic acids is 3. The molecule has 1 aromatic rings. The lowest BCUT2D eigenvalue weighted by Gasteiger charge is -2.36. The number of likely N-dealkylation sites (tertiary alicyclic amines) is 1. The van der Waals surface area contributed by atoms with Crippen molar-refractivity contribution in [1.29, 1.82) is 0 Å². The quantitative estimate of drug-likeness (QED) is 0.767. The molecule has 0 bridgehead atoms. The van der Waals surface area contributed by atoms with Gasteiger partial charge < -0.3 is 19.9 Å². The maximum Gasteiger partial charge on any atom is 0.409 e. The number of nitrogens with zero attached hydrogens (tertiary/aromatic N) is 2. The van der Waals surface area contributed by atoms with Gasteiger partial charge in [0.25, 0.3) is 5.91 Å². The van der Waals surface area contributed by atoms with Crippen LogP contribution in [0.1, 0.15) is 41.6 Å². The Morgan fingerprint density at radius 3 is 2.86 bits per heavy atom. The molecule has 1 aromatic carbocycles. The summed E-state index contributed by atoms with van der Waals surface area (Å²) < 4.78 is 5.74. The first-order valence-corrected chi connectivity index (χ1v) is 10.4. The number of piperidine rings is 1. The van der Waals surface area contributed by atoms with Gasteiger partial charge in [-0.25, -0.2) is 4.79 Å². The zero-order valence-electron chi connectivity index (χ0n) is 15.9. The number of ether oxygens (including phenoxy) is 1. The molecule has 1 spiro atoms. The van der Waals surface area contributed by atoms with Crippen LogP contribution < -0.4 is 5.32 Å². The molecule has 8 heteroatoms. The molecule has 3 amide bonds. The van der Waals surface area contributed by atoms with Gasteiger partial charge in [-0.05, 0) is 49.4 Å². The molecular formula is C20H24BrN3O4. The Bertz CT molecular complexity index is 824. The van der Waals surface area contributed by atoms with Gasteiger partial charge in [0.05, 0.1) is 13.7 Å². The van der Waals surface area contributed by atoms with Gasteiger partial charge in [-0.15, -0.1) is 0 Å². The summed E-state index contributed by atoms with van der Waals surface area (Å²) in [6.45, 7) is 1.71. The van der Waals surface area contributed by atoms with Crippen LogP contribution in [-0.2, 0) is 14.9 Å². The molecule has 3 aliphatic rings. The Balaban J connectivity index is 1.41. The summed E-state index contributed by atoms with van der Waals surface area (Å²) in [6.07, 6.45) is 3.34. The van der Waals surface area contributed by atoms with Crippen LogP contribution in [0.15, 0.2) is 22.7 Å². The first-order chi connectivity index (χ1) is 13.4. The van der Waals surface area contributed by atoms with Gasteiger partial charge in [0, 0.05) is 41.1 Å². The van der Waals surface area contributed by atoms with Crippen LogP contribution in [-0.4, -0.2) is 67.0 Å². The van der Waals surface area contributed by atoms with Gasteiger partial charge >= 0.3 is 6.09 Å². The Morgan fingerprint density at radius 2 is 2.14 bits per heavy atom. The van der Waals surface area contributed by atoms with E-state index in [1.807, 2.05) is 18.2 Å². The molecule has 1 aliphatic carbocycles. The Morgan fingerprint density at radius 1 is 1.36 bits per heavy atom. The second kappa shape index (κ2) is 7.39. The number of rotatable bonds is 3. The van der Waals surface area contributed by atoms with Crippen molar-refractivity contribution in [2.75, 3.05) is 33.3 Å². The molecular weight excluding hydrogens is 426 g/mol. The van der Waals surface area contributed by atoms with Crippen molar-refractivity contribution >= 4 is 33.8 Å². The highest BCUT2D eigenvalue weighted by atomic mass is 79.9. The van der Waals surface area contributed by atoms with E-state index in [4.69, 9.17) is 4.74 Å². The topological polar surface area (TPSA) is 79.0 Å². The second-order valence-electron chi connectivity index (χ2n) is 7.95. The Hall–Kier alpha value is -2.09. The van der Waals surface area contributed by atoms with Crippen molar-refractivity contribution in [3.63, 3.8) is 0 Å². The zero-order chi connectivity index (χ0) is 19.9. The molecule has 1 saturated heterocycles. The maximum atomic E-state index is 12.9. The smallest absolute Gasteiger partial charge is 0.409 e. The lowest BCUT2D eigenvalue weighted by atomic mass is 9.86. The SMILES string of the molecule is COC(=O)N1CCC[C@H](NC(=O)CN2CC3(CC3)c3cc(Br)ccc3C2=O)C1. The fourth-order valence-electron chi connectivity index (χ4n) is 4.38. The average molecular weight is 450 g/mol. The van der Waals surface area contributed by atoms with E-state index in [1.165, 1.54) is 7.11 Å². The van der Waals surface area contributed by atoms with Crippen LogP contribution in [0, 0.1) is 0 Å². The first-order valence-electron chi connectivity index (χ1n) is 9.63. The maximum absolute atomic E-state index is 12.9. The van der Waals surface area contributed by atoms with Gasteiger partial charge in [-0.2, -0.15) is 0 Å². The van der Waals surface area contributed by atoms with Crippen molar-refractivity contribution in [1.82, 2.24) is 15.1 Å². The molecule has 2 fully saturated rings. The zero-order valence-corrected chi connectivity index (χ0v) is 17.5. The highest BCUT2D eigenvalue weighted by molar-refractivity contribution is 9.10. The molecule has 1 atom stereocenters. The minimum atomic E-state index is -0.372. The number of halogens is 1. The van der Waals surface area contributed by atoms with E-state index >= 15 is 0 Å². The molecule has 1 N–H and O–H groups in total. The molecule has 0 aromatic heterocycles. The van der Waals surface area contributed by atoms with E-state index in [9.17, 15) is 14.4 Å². The van der Waals surface area contributed by atoms with Crippen molar-refractivity contribution in [3.8, 4) is 0 Å². The van der Waals surface area contributed by atoms with Crippen LogP contribution in [0.25, 0.3) is 0 Å². The number of benzene rings is 1. The predicted octanol–water partition coefficient (Wildman–Crippen LogP) is 2.28. The van der Waals surface area contributed by atoms with Gasteiger partial charge in [-0.3, -0.25) is 9.59 Å². The monoisotopic (exact) mass is 449 g/mol. The average Bonchev–Trinajstić information content (AvgIpc) is 3.46. The molecule has 0 unspecified atom stereocenters. The van der Waals surface area contributed by atoms with Gasteiger partial charge in [0.2, 0.25) is 5.91 Å². The summed E-state index contributed by atoms with van der Waals surface area (Å²) in [5, 5.41) is 2.99. The number of fused-ring (bicyclic) bond motifs is 2. The third-order valence-electron chi connectivity index (χ3n) is 5.97. The van der Waals surface area contributed by atoms with Crippen molar-refractivity contribution in [2.24, 2.45) is 0 Å². The highest BCUT2D eigenvalue weighted by Crippen LogP contribution is 2.52. The van der Waals surface area contributed by atoms with Crippen LogP contribution in [0.4, 0.5) is 4.79 Å². The van der Waals surface area contributed by atoms with E-state index < -0.39 is 0 Å². The van der Waals surface area contributed by atoms with Gasteiger partial charge in [0.1, 0.15) is 0 Å². The van der Waals surface area contributed by atoms with Crippen LogP contribution in [0.2, 0.25) is 0 Å². The lowest BCUT2D eigenvalue weighted by Crippen LogP contribution is -2.53. The molecule has 0 radical (unpaired) electrons. The summed E-state index contributed by atoms with van der Waals surface area (Å²) in [7, 11) is 1.36. The van der Waals surface area contributed by atoms with E-state index in [2.05, 4.69) is 21.2 Å². The predicted molar refractivity (Wildman–Crippen MR) is 106 cm³/mol. The summed E-state index contributed by atoms with van der Waals surface area (Å²) in [4.78, 5) is 40.5. The normalized spacial score (nSPS) is 22.6. The van der Waals surface area contributed by atoms with E-state index in [1.54, 1.807) is 9.80 Å². The van der Waals surface area contributed by atoms with Crippen LogP contribution >= 0.6 is 15.9 Å². The van der Waals surface area contributed by atoms with Crippen molar-refractivity contribution in [3.05, 3.63) is 33.8 Å². The van der Waals surface area contributed by atoms with E-state index in [0.29, 0.717) is 25.2 Å². The number of carbonyl (C=O) groups is 3. The van der Waals surface area contributed by atoms with E-state index in [0.717, 1.165) is 35.7 Å². The number of hydrogen-bond donors (Lipinski definition) is 1. The number of hydrogen-bond acceptors (Lipinski definition) is 4. The number of amides is 3. The lowest BCUT2D eigenvalue weighted by molar-refractivity contribution is -0.123.